The van der Waals surface area contributed by atoms with Crippen LogP contribution in [-0.2, 0) is 10.2 Å². The maximum atomic E-state index is 11.4. The minimum atomic E-state index is -3.28. The van der Waals surface area contributed by atoms with Crippen molar-refractivity contribution in [1.29, 1.82) is 0 Å². The fourth-order valence-electron chi connectivity index (χ4n) is 1.49. The second kappa shape index (κ2) is 4.14. The first kappa shape index (κ1) is 11.9. The van der Waals surface area contributed by atoms with E-state index in [1.807, 2.05) is 6.92 Å². The lowest BCUT2D eigenvalue weighted by atomic mass is 10.0. The van der Waals surface area contributed by atoms with Crippen LogP contribution >= 0.6 is 0 Å². The Labute approximate surface area is 86.0 Å². The Morgan fingerprint density at radius 1 is 1.50 bits per heavy atom. The van der Waals surface area contributed by atoms with Crippen LogP contribution in [0.3, 0.4) is 0 Å². The molecule has 5 nitrogen and oxygen atoms in total. The number of nitrogens with zero attached hydrogens (tertiary/aromatic N) is 1. The summed E-state index contributed by atoms with van der Waals surface area (Å²) in [6.45, 7) is 3.46. The zero-order chi connectivity index (χ0) is 10.8. The molecule has 84 valence electrons. The molecular formula is C8H19N3O2S. The van der Waals surface area contributed by atoms with E-state index >= 15 is 0 Å². The van der Waals surface area contributed by atoms with Gasteiger partial charge in [-0.15, -0.1) is 0 Å². The van der Waals surface area contributed by atoms with Crippen LogP contribution in [0.4, 0.5) is 0 Å². The Morgan fingerprint density at radius 2 is 2.14 bits per heavy atom. The van der Waals surface area contributed by atoms with Crippen LogP contribution in [0.5, 0.6) is 0 Å². The Kier molecular flexibility index (Phi) is 3.52. The van der Waals surface area contributed by atoms with Crippen molar-refractivity contribution in [2.75, 3.05) is 27.2 Å². The third-order valence-corrected chi connectivity index (χ3v) is 4.05. The number of hydrogen-bond acceptors (Lipinski definition) is 3. The molecule has 2 N–H and O–H groups in total. The average Bonchev–Trinajstić information content (AvgIpc) is 2.50. The second-order valence-corrected chi connectivity index (χ2v) is 6.17. The summed E-state index contributed by atoms with van der Waals surface area (Å²) >= 11 is 0. The zero-order valence-electron chi connectivity index (χ0n) is 9.00. The van der Waals surface area contributed by atoms with E-state index in [2.05, 4.69) is 10.0 Å². The third-order valence-electron chi connectivity index (χ3n) is 2.58. The van der Waals surface area contributed by atoms with Crippen molar-refractivity contribution in [3.63, 3.8) is 0 Å². The van der Waals surface area contributed by atoms with Crippen LogP contribution in [0.1, 0.15) is 19.8 Å². The summed E-state index contributed by atoms with van der Waals surface area (Å²) in [6.07, 6.45) is 2.13. The van der Waals surface area contributed by atoms with Crippen molar-refractivity contribution >= 4 is 10.2 Å². The van der Waals surface area contributed by atoms with Crippen molar-refractivity contribution in [1.82, 2.24) is 14.3 Å². The molecule has 0 aliphatic carbocycles. The van der Waals surface area contributed by atoms with Crippen LogP contribution < -0.4 is 10.0 Å². The second-order valence-electron chi connectivity index (χ2n) is 4.20. The van der Waals surface area contributed by atoms with Gasteiger partial charge in [0.05, 0.1) is 0 Å². The molecule has 0 aromatic heterocycles. The van der Waals surface area contributed by atoms with E-state index in [1.54, 1.807) is 0 Å². The summed E-state index contributed by atoms with van der Waals surface area (Å²) in [4.78, 5) is 0. The Hall–Kier alpha value is -0.170. The standard InChI is InChI=1S/C8H19N3O2S/c1-8(5-4-6-9-8)7-10-14(12,13)11(2)3/h9-10H,4-7H2,1-3H3. The van der Waals surface area contributed by atoms with Crippen molar-refractivity contribution < 1.29 is 8.42 Å². The highest BCUT2D eigenvalue weighted by Gasteiger charge is 2.29. The fourth-order valence-corrected chi connectivity index (χ4v) is 2.25. The molecule has 6 heteroatoms. The van der Waals surface area contributed by atoms with Gasteiger partial charge in [0, 0.05) is 26.2 Å². The SMILES string of the molecule is CN(C)S(=O)(=O)NCC1(C)CCCN1. The Morgan fingerprint density at radius 3 is 2.57 bits per heavy atom. The third kappa shape index (κ3) is 2.91. The van der Waals surface area contributed by atoms with Crippen molar-refractivity contribution in [2.24, 2.45) is 0 Å². The predicted molar refractivity (Wildman–Crippen MR) is 56.3 cm³/mol. The molecule has 1 fully saturated rings. The molecule has 1 rings (SSSR count). The predicted octanol–water partition coefficient (Wildman–Crippen LogP) is -0.475. The highest BCUT2D eigenvalue weighted by Crippen LogP contribution is 2.17. The van der Waals surface area contributed by atoms with Crippen molar-refractivity contribution in [2.45, 2.75) is 25.3 Å². The van der Waals surface area contributed by atoms with Crippen molar-refractivity contribution in [3.05, 3.63) is 0 Å². The summed E-state index contributed by atoms with van der Waals surface area (Å²) in [6, 6.07) is 0. The van der Waals surface area contributed by atoms with Gasteiger partial charge in [-0.05, 0) is 26.3 Å². The molecule has 1 unspecified atom stereocenters. The van der Waals surface area contributed by atoms with E-state index in [0.29, 0.717) is 6.54 Å². The van der Waals surface area contributed by atoms with Gasteiger partial charge in [-0.25, -0.2) is 4.72 Å². The van der Waals surface area contributed by atoms with Crippen LogP contribution in [0.15, 0.2) is 0 Å². The van der Waals surface area contributed by atoms with E-state index in [9.17, 15) is 8.42 Å². The Balaban J connectivity index is 2.48. The number of rotatable bonds is 4. The van der Waals surface area contributed by atoms with Gasteiger partial charge in [0.25, 0.3) is 10.2 Å². The molecule has 0 amide bonds. The van der Waals surface area contributed by atoms with Crippen LogP contribution in [0, 0.1) is 0 Å². The number of nitrogens with one attached hydrogen (secondary N) is 2. The van der Waals surface area contributed by atoms with E-state index in [-0.39, 0.29) is 5.54 Å². The lowest BCUT2D eigenvalue weighted by Gasteiger charge is -2.25. The summed E-state index contributed by atoms with van der Waals surface area (Å²) in [5, 5.41) is 3.30. The molecule has 0 aromatic rings. The highest BCUT2D eigenvalue weighted by atomic mass is 32.2. The van der Waals surface area contributed by atoms with Gasteiger partial charge in [0.2, 0.25) is 0 Å². The molecule has 14 heavy (non-hydrogen) atoms. The van der Waals surface area contributed by atoms with Crippen LogP contribution in [0.25, 0.3) is 0 Å². The molecule has 0 aromatic carbocycles. The summed E-state index contributed by atoms with van der Waals surface area (Å²) < 4.78 is 26.6. The molecule has 1 atom stereocenters. The topological polar surface area (TPSA) is 61.4 Å². The molecule has 0 saturated carbocycles. The first-order valence-corrected chi connectivity index (χ1v) is 6.22. The lowest BCUT2D eigenvalue weighted by Crippen LogP contribution is -2.49. The summed E-state index contributed by atoms with van der Waals surface area (Å²) in [5.74, 6) is 0. The fraction of sp³-hybridized carbons (Fsp3) is 1.00. The first-order valence-electron chi connectivity index (χ1n) is 4.78. The molecule has 0 spiro atoms. The van der Waals surface area contributed by atoms with Gasteiger partial charge in [-0.1, -0.05) is 0 Å². The average molecular weight is 221 g/mol. The van der Waals surface area contributed by atoms with Gasteiger partial charge in [-0.3, -0.25) is 0 Å². The van der Waals surface area contributed by atoms with Gasteiger partial charge in [-0.2, -0.15) is 12.7 Å². The monoisotopic (exact) mass is 221 g/mol. The number of hydrogen-bond donors (Lipinski definition) is 2. The molecule has 1 saturated heterocycles. The molecule has 0 bridgehead atoms. The van der Waals surface area contributed by atoms with E-state index in [4.69, 9.17) is 0 Å². The van der Waals surface area contributed by atoms with Gasteiger partial charge in [0.15, 0.2) is 0 Å². The van der Waals surface area contributed by atoms with Gasteiger partial charge >= 0.3 is 0 Å². The minimum Gasteiger partial charge on any atom is -0.310 e. The largest absolute Gasteiger partial charge is 0.310 e. The smallest absolute Gasteiger partial charge is 0.278 e. The molecular weight excluding hydrogens is 202 g/mol. The summed E-state index contributed by atoms with van der Waals surface area (Å²) in [5.41, 5.74) is -0.0803. The van der Waals surface area contributed by atoms with Crippen molar-refractivity contribution in [3.8, 4) is 0 Å². The van der Waals surface area contributed by atoms with Crippen LogP contribution in [0.2, 0.25) is 0 Å². The quantitative estimate of drug-likeness (QED) is 0.674. The van der Waals surface area contributed by atoms with E-state index in [1.165, 1.54) is 18.4 Å². The molecule has 0 radical (unpaired) electrons. The minimum absolute atomic E-state index is 0.0803. The lowest BCUT2D eigenvalue weighted by molar-refractivity contribution is 0.402. The van der Waals surface area contributed by atoms with Gasteiger partial charge in [0.1, 0.15) is 0 Å². The van der Waals surface area contributed by atoms with Crippen LogP contribution in [-0.4, -0.2) is 45.4 Å². The first-order chi connectivity index (χ1) is 6.36. The van der Waals surface area contributed by atoms with E-state index < -0.39 is 10.2 Å². The Bertz CT molecular complexity index is 281. The maximum Gasteiger partial charge on any atom is 0.278 e. The normalized spacial score (nSPS) is 28.6. The molecule has 1 aliphatic rings. The summed E-state index contributed by atoms with van der Waals surface area (Å²) in [7, 11) is -0.239. The van der Waals surface area contributed by atoms with Gasteiger partial charge < -0.3 is 5.32 Å². The highest BCUT2D eigenvalue weighted by molar-refractivity contribution is 7.87. The maximum absolute atomic E-state index is 11.4. The zero-order valence-corrected chi connectivity index (χ0v) is 9.82. The molecule has 1 aliphatic heterocycles. The molecule has 1 heterocycles. The van der Waals surface area contributed by atoms with E-state index in [0.717, 1.165) is 19.4 Å².